The van der Waals surface area contributed by atoms with E-state index in [1.54, 1.807) is 0 Å². The highest BCUT2D eigenvalue weighted by molar-refractivity contribution is 7.17. The molecule has 2 heterocycles. The average molecular weight is 331 g/mol. The molecule has 0 N–H and O–H groups in total. The van der Waals surface area contributed by atoms with Crippen LogP contribution < -0.4 is 0 Å². The molecule has 23 heavy (non-hydrogen) atoms. The van der Waals surface area contributed by atoms with Gasteiger partial charge >= 0.3 is 11.0 Å². The minimum absolute atomic E-state index is 0.124. The fraction of sp³-hybridized carbons (Fsp3) is 0.0714. The average Bonchev–Trinajstić information content (AvgIpc) is 3.23. The summed E-state index contributed by atoms with van der Waals surface area (Å²) in [6, 6.07) is 11.8. The van der Waals surface area contributed by atoms with E-state index in [2.05, 4.69) is 10.1 Å². The Morgan fingerprint density at radius 2 is 2.04 bits per heavy atom. The number of rotatable bonds is 5. The summed E-state index contributed by atoms with van der Waals surface area (Å²) in [7, 11) is 0. The maximum absolute atomic E-state index is 11.8. The molecule has 2 aromatic heterocycles. The quantitative estimate of drug-likeness (QED) is 0.401. The molecule has 116 valence electrons. The Morgan fingerprint density at radius 3 is 2.74 bits per heavy atom. The summed E-state index contributed by atoms with van der Waals surface area (Å²) in [5.74, 6) is -0.144. The molecule has 9 heteroatoms. The van der Waals surface area contributed by atoms with E-state index in [1.807, 2.05) is 30.3 Å². The molecule has 0 aliphatic heterocycles. The molecule has 0 aliphatic rings. The second-order valence-corrected chi connectivity index (χ2v) is 5.41. The Morgan fingerprint density at radius 1 is 1.26 bits per heavy atom. The fourth-order valence-electron chi connectivity index (χ4n) is 1.75. The number of carbonyl (C=O) groups excluding carboxylic acids is 1. The third-order valence-electron chi connectivity index (χ3n) is 2.80. The second-order valence-electron chi connectivity index (χ2n) is 4.35. The molecule has 0 radical (unpaired) electrons. The van der Waals surface area contributed by atoms with Crippen molar-refractivity contribution >= 4 is 22.3 Å². The Hall–Kier alpha value is -3.07. The van der Waals surface area contributed by atoms with Gasteiger partial charge in [0.1, 0.15) is 4.88 Å². The third kappa shape index (κ3) is 3.40. The summed E-state index contributed by atoms with van der Waals surface area (Å²) in [6.07, 6.45) is 0. The highest BCUT2D eigenvalue weighted by Crippen LogP contribution is 2.24. The van der Waals surface area contributed by atoms with Gasteiger partial charge in [-0.3, -0.25) is 10.1 Å². The first kappa shape index (κ1) is 14.9. The zero-order valence-corrected chi connectivity index (χ0v) is 12.4. The number of hydrogen-bond donors (Lipinski definition) is 0. The molecule has 0 amide bonds. The summed E-state index contributed by atoms with van der Waals surface area (Å²) in [4.78, 5) is 26.1. The lowest BCUT2D eigenvalue weighted by atomic mass is 10.2. The maximum atomic E-state index is 11.8. The molecule has 3 aromatic rings. The zero-order chi connectivity index (χ0) is 16.2. The van der Waals surface area contributed by atoms with E-state index in [9.17, 15) is 14.9 Å². The van der Waals surface area contributed by atoms with Crippen LogP contribution in [0.3, 0.4) is 0 Å². The molecule has 0 spiro atoms. The van der Waals surface area contributed by atoms with E-state index in [0.717, 1.165) is 16.9 Å². The molecule has 0 saturated carbocycles. The van der Waals surface area contributed by atoms with Crippen molar-refractivity contribution in [3.63, 3.8) is 0 Å². The number of nitro groups is 1. The van der Waals surface area contributed by atoms with E-state index in [-0.39, 0.29) is 22.4 Å². The number of benzene rings is 1. The van der Waals surface area contributed by atoms with Crippen LogP contribution in [0.25, 0.3) is 11.4 Å². The first-order valence-corrected chi connectivity index (χ1v) is 7.24. The van der Waals surface area contributed by atoms with Crippen LogP contribution in [0.5, 0.6) is 0 Å². The normalized spacial score (nSPS) is 10.4. The van der Waals surface area contributed by atoms with Crippen molar-refractivity contribution in [2.45, 2.75) is 6.61 Å². The minimum atomic E-state index is -0.678. The highest BCUT2D eigenvalue weighted by atomic mass is 32.1. The molecule has 3 rings (SSSR count). The predicted molar refractivity (Wildman–Crippen MR) is 79.8 cm³/mol. The van der Waals surface area contributed by atoms with Crippen LogP contribution in [-0.2, 0) is 11.3 Å². The lowest BCUT2D eigenvalue weighted by Crippen LogP contribution is -2.03. The van der Waals surface area contributed by atoms with Crippen molar-refractivity contribution in [2.75, 3.05) is 0 Å². The van der Waals surface area contributed by atoms with Crippen LogP contribution >= 0.6 is 11.3 Å². The summed E-state index contributed by atoms with van der Waals surface area (Å²) in [5.41, 5.74) is 0.780. The Kier molecular flexibility index (Phi) is 4.11. The van der Waals surface area contributed by atoms with Crippen LogP contribution in [-0.4, -0.2) is 21.0 Å². The van der Waals surface area contributed by atoms with Crippen molar-refractivity contribution in [1.82, 2.24) is 10.1 Å². The first-order chi connectivity index (χ1) is 11.1. The van der Waals surface area contributed by atoms with E-state index in [0.29, 0.717) is 5.82 Å². The Labute approximate surface area is 133 Å². The standard InChI is InChI=1S/C14H9N3O5S/c18-14(10-6-7-12(23-10)17(19)20)21-8-11-15-13(16-22-11)9-4-2-1-3-5-9/h1-7H,8H2. The van der Waals surface area contributed by atoms with Gasteiger partial charge in [-0.15, -0.1) is 0 Å². The van der Waals surface area contributed by atoms with Gasteiger partial charge in [0.05, 0.1) is 4.92 Å². The maximum Gasteiger partial charge on any atom is 0.349 e. The molecular weight excluding hydrogens is 322 g/mol. The predicted octanol–water partition coefficient (Wildman–Crippen LogP) is 3.06. The largest absolute Gasteiger partial charge is 0.451 e. The van der Waals surface area contributed by atoms with Crippen LogP contribution in [0.15, 0.2) is 47.0 Å². The number of hydrogen-bond acceptors (Lipinski definition) is 8. The number of nitrogens with zero attached hydrogens (tertiary/aromatic N) is 3. The van der Waals surface area contributed by atoms with Crippen molar-refractivity contribution in [2.24, 2.45) is 0 Å². The van der Waals surface area contributed by atoms with Gasteiger partial charge in [-0.1, -0.05) is 46.8 Å². The zero-order valence-electron chi connectivity index (χ0n) is 11.5. The molecule has 8 nitrogen and oxygen atoms in total. The Bertz CT molecular complexity index is 843. The minimum Gasteiger partial charge on any atom is -0.451 e. The van der Waals surface area contributed by atoms with Crippen LogP contribution in [0.4, 0.5) is 5.00 Å². The molecule has 0 saturated heterocycles. The van der Waals surface area contributed by atoms with Crippen molar-refractivity contribution < 1.29 is 19.0 Å². The summed E-state index contributed by atoms with van der Waals surface area (Å²) >= 11 is 0.746. The van der Waals surface area contributed by atoms with Gasteiger partial charge < -0.3 is 9.26 Å². The molecule has 1 aromatic carbocycles. The van der Waals surface area contributed by atoms with Gasteiger partial charge in [-0.25, -0.2) is 4.79 Å². The van der Waals surface area contributed by atoms with Crippen molar-refractivity contribution in [1.29, 1.82) is 0 Å². The number of aromatic nitrogens is 2. The lowest BCUT2D eigenvalue weighted by Gasteiger charge is -1.97. The Balaban J connectivity index is 1.63. The summed E-state index contributed by atoms with van der Waals surface area (Å²) < 4.78 is 10.0. The lowest BCUT2D eigenvalue weighted by molar-refractivity contribution is -0.380. The van der Waals surface area contributed by atoms with Crippen LogP contribution in [0.1, 0.15) is 15.6 Å². The molecule has 0 aliphatic carbocycles. The third-order valence-corrected chi connectivity index (χ3v) is 3.82. The second kappa shape index (κ2) is 6.36. The van der Waals surface area contributed by atoms with E-state index >= 15 is 0 Å². The number of ether oxygens (including phenoxy) is 1. The molecule has 0 unspecified atom stereocenters. The van der Waals surface area contributed by atoms with Gasteiger partial charge in [-0.2, -0.15) is 4.98 Å². The first-order valence-electron chi connectivity index (χ1n) is 6.43. The van der Waals surface area contributed by atoms with Gasteiger partial charge in [-0.05, 0) is 6.07 Å². The van der Waals surface area contributed by atoms with Crippen LogP contribution in [0.2, 0.25) is 0 Å². The number of carbonyl (C=O) groups is 1. The molecule has 0 bridgehead atoms. The smallest absolute Gasteiger partial charge is 0.349 e. The number of thiophene rings is 1. The SMILES string of the molecule is O=C(OCc1nc(-c2ccccc2)no1)c1ccc([N+](=O)[O-])s1. The van der Waals surface area contributed by atoms with E-state index < -0.39 is 10.9 Å². The van der Waals surface area contributed by atoms with Crippen LogP contribution in [0, 0.1) is 10.1 Å². The molecule has 0 atom stereocenters. The van der Waals surface area contributed by atoms with Crippen molar-refractivity contribution in [3.05, 3.63) is 63.3 Å². The highest BCUT2D eigenvalue weighted by Gasteiger charge is 2.17. The van der Waals surface area contributed by atoms with Gasteiger partial charge in [0.25, 0.3) is 5.89 Å². The van der Waals surface area contributed by atoms with Gasteiger partial charge in [0.15, 0.2) is 6.61 Å². The number of esters is 1. The van der Waals surface area contributed by atoms with Crippen molar-refractivity contribution in [3.8, 4) is 11.4 Å². The van der Waals surface area contributed by atoms with Gasteiger partial charge in [0.2, 0.25) is 5.82 Å². The summed E-state index contributed by atoms with van der Waals surface area (Å²) in [5, 5.41) is 14.3. The van der Waals surface area contributed by atoms with Gasteiger partial charge in [0, 0.05) is 11.6 Å². The topological polar surface area (TPSA) is 108 Å². The monoisotopic (exact) mass is 331 g/mol. The molecule has 0 fully saturated rings. The van der Waals surface area contributed by atoms with E-state index in [4.69, 9.17) is 9.26 Å². The molecular formula is C14H9N3O5S. The van der Waals surface area contributed by atoms with E-state index in [1.165, 1.54) is 12.1 Å². The summed E-state index contributed by atoms with van der Waals surface area (Å²) in [6.45, 7) is -0.204. The fourth-order valence-corrected chi connectivity index (χ4v) is 2.47.